The van der Waals surface area contributed by atoms with Gasteiger partial charge in [-0.1, -0.05) is 0 Å². The molecule has 2 aromatic rings. The van der Waals surface area contributed by atoms with Crippen molar-refractivity contribution in [2.45, 2.75) is 31.4 Å². The second-order valence-corrected chi connectivity index (χ2v) is 5.13. The third-order valence-corrected chi connectivity index (χ3v) is 3.68. The monoisotopic (exact) mass is 290 g/mol. The summed E-state index contributed by atoms with van der Waals surface area (Å²) in [5.41, 5.74) is 1.04. The van der Waals surface area contributed by atoms with Gasteiger partial charge in [0.1, 0.15) is 17.6 Å². The molecule has 0 saturated carbocycles. The molecule has 6 nitrogen and oxygen atoms in total. The summed E-state index contributed by atoms with van der Waals surface area (Å²) in [6.07, 6.45) is 5.09. The molecule has 2 heterocycles. The molecule has 0 aromatic carbocycles. The van der Waals surface area contributed by atoms with Gasteiger partial charge in [0.15, 0.2) is 0 Å². The topological polar surface area (TPSA) is 87.6 Å². The van der Waals surface area contributed by atoms with Crippen LogP contribution < -0.4 is 10.6 Å². The molecule has 6 heteroatoms. The quantitative estimate of drug-likeness (QED) is 0.806. The number of aryl methyl sites for hydroxylation is 1. The second kappa shape index (κ2) is 6.05. The van der Waals surface area contributed by atoms with Crippen LogP contribution in [0.2, 0.25) is 0 Å². The lowest BCUT2D eigenvalue weighted by molar-refractivity contribution is 0.147. The molecule has 0 bridgehead atoms. The van der Waals surface area contributed by atoms with E-state index in [4.69, 9.17) is 8.83 Å². The number of carbonyl (C=O) groups excluding carboxylic acids is 1. The number of aliphatic hydroxyl groups is 1. The summed E-state index contributed by atoms with van der Waals surface area (Å²) in [5, 5.41) is 15.4. The Morgan fingerprint density at radius 3 is 3.10 bits per heavy atom. The van der Waals surface area contributed by atoms with E-state index in [1.165, 1.54) is 6.26 Å². The van der Waals surface area contributed by atoms with Crippen molar-refractivity contribution in [3.05, 3.63) is 47.8 Å². The second-order valence-electron chi connectivity index (χ2n) is 5.13. The van der Waals surface area contributed by atoms with Gasteiger partial charge < -0.3 is 24.6 Å². The van der Waals surface area contributed by atoms with Gasteiger partial charge in [0.25, 0.3) is 0 Å². The molecule has 21 heavy (non-hydrogen) atoms. The van der Waals surface area contributed by atoms with Crippen LogP contribution in [0.25, 0.3) is 0 Å². The highest BCUT2D eigenvalue weighted by molar-refractivity contribution is 5.74. The standard InChI is InChI=1S/C15H18N2O4/c18-12(14-5-2-7-20-14)9-16-15(19)17-11-3-1-4-13-10(11)6-8-21-13/h2,5-8,11-12,18H,1,3-4,9H2,(H2,16,17,19). The number of hydrogen-bond donors (Lipinski definition) is 3. The van der Waals surface area contributed by atoms with E-state index in [0.717, 1.165) is 30.6 Å². The molecule has 1 aliphatic carbocycles. The van der Waals surface area contributed by atoms with Crippen LogP contribution in [0.5, 0.6) is 0 Å². The van der Waals surface area contributed by atoms with E-state index in [2.05, 4.69) is 10.6 Å². The average molecular weight is 290 g/mol. The summed E-state index contributed by atoms with van der Waals surface area (Å²) in [7, 11) is 0. The minimum Gasteiger partial charge on any atom is -0.469 e. The van der Waals surface area contributed by atoms with Crippen molar-refractivity contribution in [3.63, 3.8) is 0 Å². The van der Waals surface area contributed by atoms with Gasteiger partial charge in [-0.15, -0.1) is 0 Å². The molecule has 0 fully saturated rings. The highest BCUT2D eigenvalue weighted by Gasteiger charge is 2.24. The third-order valence-electron chi connectivity index (χ3n) is 3.68. The zero-order chi connectivity index (χ0) is 14.7. The molecule has 2 amide bonds. The first-order valence-corrected chi connectivity index (χ1v) is 7.06. The molecule has 2 aromatic heterocycles. The van der Waals surface area contributed by atoms with E-state index in [1.54, 1.807) is 18.4 Å². The van der Waals surface area contributed by atoms with Crippen LogP contribution in [-0.4, -0.2) is 17.7 Å². The lowest BCUT2D eigenvalue weighted by Gasteiger charge is -2.23. The first kappa shape index (κ1) is 13.8. The van der Waals surface area contributed by atoms with Gasteiger partial charge in [-0.05, 0) is 31.0 Å². The Bertz CT molecular complexity index is 591. The number of rotatable bonds is 4. The molecule has 2 atom stereocenters. The summed E-state index contributed by atoms with van der Waals surface area (Å²) < 4.78 is 10.5. The minimum absolute atomic E-state index is 0.0340. The summed E-state index contributed by atoms with van der Waals surface area (Å²) in [6.45, 7) is 0.101. The van der Waals surface area contributed by atoms with Crippen molar-refractivity contribution in [2.24, 2.45) is 0 Å². The fraction of sp³-hybridized carbons (Fsp3) is 0.400. The molecule has 1 aliphatic rings. The van der Waals surface area contributed by atoms with Crippen molar-refractivity contribution in [1.82, 2.24) is 10.6 Å². The third kappa shape index (κ3) is 3.11. The number of carbonyl (C=O) groups is 1. The zero-order valence-electron chi connectivity index (χ0n) is 11.5. The maximum absolute atomic E-state index is 11.9. The maximum Gasteiger partial charge on any atom is 0.315 e. The van der Waals surface area contributed by atoms with Crippen LogP contribution in [-0.2, 0) is 6.42 Å². The van der Waals surface area contributed by atoms with Crippen molar-refractivity contribution in [3.8, 4) is 0 Å². The summed E-state index contributed by atoms with van der Waals surface area (Å²) in [5.74, 6) is 1.38. The molecule has 3 rings (SSSR count). The Morgan fingerprint density at radius 1 is 1.38 bits per heavy atom. The Morgan fingerprint density at radius 2 is 2.29 bits per heavy atom. The van der Waals surface area contributed by atoms with E-state index in [9.17, 15) is 9.90 Å². The molecule has 0 saturated heterocycles. The average Bonchev–Trinajstić information content (AvgIpc) is 3.16. The fourth-order valence-corrected chi connectivity index (χ4v) is 2.62. The summed E-state index contributed by atoms with van der Waals surface area (Å²) in [4.78, 5) is 11.9. The Balaban J connectivity index is 1.51. The molecular weight excluding hydrogens is 272 g/mol. The molecule has 2 unspecified atom stereocenters. The molecular formula is C15H18N2O4. The lowest BCUT2D eigenvalue weighted by Crippen LogP contribution is -2.40. The fourth-order valence-electron chi connectivity index (χ4n) is 2.62. The maximum atomic E-state index is 11.9. The predicted molar refractivity (Wildman–Crippen MR) is 74.6 cm³/mol. The van der Waals surface area contributed by atoms with Crippen molar-refractivity contribution >= 4 is 6.03 Å². The summed E-state index contributed by atoms with van der Waals surface area (Å²) >= 11 is 0. The van der Waals surface area contributed by atoms with Crippen LogP contribution in [0.3, 0.4) is 0 Å². The van der Waals surface area contributed by atoms with Gasteiger partial charge in [0.05, 0.1) is 25.1 Å². The van der Waals surface area contributed by atoms with E-state index in [-0.39, 0.29) is 18.6 Å². The number of amides is 2. The molecule has 0 radical (unpaired) electrons. The van der Waals surface area contributed by atoms with Crippen LogP contribution in [0, 0.1) is 0 Å². The largest absolute Gasteiger partial charge is 0.469 e. The number of furan rings is 2. The SMILES string of the molecule is O=C(NCC(O)c1ccco1)NC1CCCc2occc21. The van der Waals surface area contributed by atoms with Crippen molar-refractivity contribution < 1.29 is 18.7 Å². The number of urea groups is 1. The number of aliphatic hydroxyl groups excluding tert-OH is 1. The Kier molecular flexibility index (Phi) is 3.96. The zero-order valence-corrected chi connectivity index (χ0v) is 11.5. The Labute approximate surface area is 122 Å². The molecule has 112 valence electrons. The van der Waals surface area contributed by atoms with E-state index < -0.39 is 6.10 Å². The van der Waals surface area contributed by atoms with Gasteiger partial charge in [0.2, 0.25) is 0 Å². The Hall–Kier alpha value is -2.21. The highest BCUT2D eigenvalue weighted by atomic mass is 16.4. The predicted octanol–water partition coefficient (Wildman–Crippen LogP) is 2.28. The number of hydrogen-bond acceptors (Lipinski definition) is 4. The van der Waals surface area contributed by atoms with E-state index in [0.29, 0.717) is 5.76 Å². The normalized spacial score (nSPS) is 18.8. The van der Waals surface area contributed by atoms with Crippen LogP contribution >= 0.6 is 0 Å². The van der Waals surface area contributed by atoms with Gasteiger partial charge >= 0.3 is 6.03 Å². The van der Waals surface area contributed by atoms with E-state index >= 15 is 0 Å². The van der Waals surface area contributed by atoms with Gasteiger partial charge in [-0.3, -0.25) is 0 Å². The molecule has 3 N–H and O–H groups in total. The van der Waals surface area contributed by atoms with Gasteiger partial charge in [0, 0.05) is 12.0 Å². The van der Waals surface area contributed by atoms with Crippen LogP contribution in [0.4, 0.5) is 4.79 Å². The van der Waals surface area contributed by atoms with Crippen molar-refractivity contribution in [2.75, 3.05) is 6.54 Å². The van der Waals surface area contributed by atoms with Gasteiger partial charge in [-0.25, -0.2) is 4.79 Å². The van der Waals surface area contributed by atoms with Crippen LogP contribution in [0.1, 0.15) is 42.1 Å². The highest BCUT2D eigenvalue weighted by Crippen LogP contribution is 2.30. The van der Waals surface area contributed by atoms with Crippen molar-refractivity contribution in [1.29, 1.82) is 0 Å². The number of nitrogens with one attached hydrogen (secondary N) is 2. The van der Waals surface area contributed by atoms with Gasteiger partial charge in [-0.2, -0.15) is 0 Å². The number of fused-ring (bicyclic) bond motifs is 1. The smallest absolute Gasteiger partial charge is 0.315 e. The van der Waals surface area contributed by atoms with Crippen LogP contribution in [0.15, 0.2) is 39.6 Å². The first-order valence-electron chi connectivity index (χ1n) is 7.06. The minimum atomic E-state index is -0.846. The summed E-state index contributed by atoms with van der Waals surface area (Å²) in [6, 6.07) is 4.93. The first-order chi connectivity index (χ1) is 10.2. The van der Waals surface area contributed by atoms with E-state index in [1.807, 2.05) is 6.07 Å². The molecule has 0 aliphatic heterocycles. The molecule has 0 spiro atoms. The lowest BCUT2D eigenvalue weighted by atomic mass is 9.93.